The zero-order chi connectivity index (χ0) is 18.6. The lowest BCUT2D eigenvalue weighted by molar-refractivity contribution is 0.102. The monoisotopic (exact) mass is 353 g/mol. The molecule has 0 unspecified atom stereocenters. The molecule has 132 valence electrons. The van der Waals surface area contributed by atoms with E-state index in [-0.39, 0.29) is 5.91 Å². The largest absolute Gasteiger partial charge is 0.321 e. The molecule has 0 fully saturated rings. The van der Waals surface area contributed by atoms with Gasteiger partial charge in [0, 0.05) is 11.4 Å². The van der Waals surface area contributed by atoms with Crippen LogP contribution in [-0.2, 0) is 0 Å². The van der Waals surface area contributed by atoms with Crippen LogP contribution in [0, 0.1) is 6.92 Å². The molecule has 0 aliphatic rings. The van der Waals surface area contributed by atoms with E-state index in [0.717, 1.165) is 28.2 Å². The van der Waals surface area contributed by atoms with Crippen molar-refractivity contribution >= 4 is 11.6 Å². The van der Waals surface area contributed by atoms with Crippen LogP contribution in [0.2, 0.25) is 0 Å². The molecule has 27 heavy (non-hydrogen) atoms. The fourth-order valence-electron chi connectivity index (χ4n) is 2.99. The van der Waals surface area contributed by atoms with Gasteiger partial charge in [0.25, 0.3) is 5.91 Å². The number of aromatic nitrogens is 2. The van der Waals surface area contributed by atoms with E-state index in [1.807, 2.05) is 79.7 Å². The topological polar surface area (TPSA) is 46.9 Å². The van der Waals surface area contributed by atoms with E-state index in [9.17, 15) is 4.79 Å². The van der Waals surface area contributed by atoms with E-state index in [1.54, 1.807) is 10.7 Å². The SMILES string of the molecule is Cc1cc(C(=O)Nc2ccc(-c3ccccc3)cc2)nn1-c1ccccc1. The molecule has 0 saturated heterocycles. The molecule has 0 aliphatic heterocycles. The Morgan fingerprint density at radius 1 is 0.815 bits per heavy atom. The highest BCUT2D eigenvalue weighted by Gasteiger charge is 2.13. The lowest BCUT2D eigenvalue weighted by atomic mass is 10.1. The molecule has 4 heteroatoms. The van der Waals surface area contributed by atoms with Crippen LogP contribution in [0.15, 0.2) is 91.0 Å². The zero-order valence-electron chi connectivity index (χ0n) is 15.0. The lowest BCUT2D eigenvalue weighted by Crippen LogP contribution is -2.13. The highest BCUT2D eigenvalue weighted by atomic mass is 16.1. The minimum Gasteiger partial charge on any atom is -0.321 e. The van der Waals surface area contributed by atoms with Crippen LogP contribution in [0.25, 0.3) is 16.8 Å². The van der Waals surface area contributed by atoms with Crippen LogP contribution >= 0.6 is 0 Å². The summed E-state index contributed by atoms with van der Waals surface area (Å²) in [6.07, 6.45) is 0. The van der Waals surface area contributed by atoms with Crippen molar-refractivity contribution < 1.29 is 4.79 Å². The summed E-state index contributed by atoms with van der Waals surface area (Å²) in [4.78, 5) is 12.6. The maximum Gasteiger partial charge on any atom is 0.276 e. The van der Waals surface area contributed by atoms with Gasteiger partial charge >= 0.3 is 0 Å². The number of hydrogen-bond donors (Lipinski definition) is 1. The van der Waals surface area contributed by atoms with Gasteiger partial charge in [-0.1, -0.05) is 60.7 Å². The minimum atomic E-state index is -0.222. The van der Waals surface area contributed by atoms with Gasteiger partial charge < -0.3 is 5.32 Å². The number of rotatable bonds is 4. The second kappa shape index (κ2) is 7.30. The fourth-order valence-corrected chi connectivity index (χ4v) is 2.99. The Hall–Kier alpha value is -3.66. The van der Waals surface area contributed by atoms with Crippen molar-refractivity contribution in [2.45, 2.75) is 6.92 Å². The lowest BCUT2D eigenvalue weighted by Gasteiger charge is -2.06. The molecule has 4 aromatic rings. The zero-order valence-corrected chi connectivity index (χ0v) is 15.0. The van der Waals surface area contributed by atoms with Crippen molar-refractivity contribution in [1.82, 2.24) is 9.78 Å². The molecule has 0 bridgehead atoms. The minimum absolute atomic E-state index is 0.222. The van der Waals surface area contributed by atoms with Crippen LogP contribution in [0.4, 0.5) is 5.69 Å². The van der Waals surface area contributed by atoms with Gasteiger partial charge in [-0.2, -0.15) is 5.10 Å². The molecule has 4 rings (SSSR count). The summed E-state index contributed by atoms with van der Waals surface area (Å²) in [6, 6.07) is 29.5. The predicted molar refractivity (Wildman–Crippen MR) is 108 cm³/mol. The molecular weight excluding hydrogens is 334 g/mol. The first kappa shape index (κ1) is 16.8. The third-order valence-electron chi connectivity index (χ3n) is 4.37. The summed E-state index contributed by atoms with van der Waals surface area (Å²) in [6.45, 7) is 1.94. The second-order valence-corrected chi connectivity index (χ2v) is 6.32. The smallest absolute Gasteiger partial charge is 0.276 e. The van der Waals surface area contributed by atoms with E-state index < -0.39 is 0 Å². The number of carbonyl (C=O) groups excluding carboxylic acids is 1. The van der Waals surface area contributed by atoms with Gasteiger partial charge in [0.05, 0.1) is 5.69 Å². The van der Waals surface area contributed by atoms with Crippen LogP contribution in [0.1, 0.15) is 16.2 Å². The maximum atomic E-state index is 12.6. The predicted octanol–water partition coefficient (Wildman–Crippen LogP) is 5.10. The third kappa shape index (κ3) is 3.65. The van der Waals surface area contributed by atoms with Crippen molar-refractivity contribution in [1.29, 1.82) is 0 Å². The normalized spacial score (nSPS) is 10.6. The number of nitrogens with one attached hydrogen (secondary N) is 1. The molecule has 0 saturated carbocycles. The van der Waals surface area contributed by atoms with E-state index in [4.69, 9.17) is 0 Å². The Labute approximate surface area is 158 Å². The first-order valence-corrected chi connectivity index (χ1v) is 8.80. The number of benzene rings is 3. The first-order valence-electron chi connectivity index (χ1n) is 8.80. The quantitative estimate of drug-likeness (QED) is 0.555. The van der Waals surface area contributed by atoms with Crippen LogP contribution < -0.4 is 5.32 Å². The van der Waals surface area contributed by atoms with Gasteiger partial charge in [0.1, 0.15) is 0 Å². The van der Waals surface area contributed by atoms with Crippen molar-refractivity contribution in [3.05, 3.63) is 102 Å². The van der Waals surface area contributed by atoms with Crippen molar-refractivity contribution in [3.63, 3.8) is 0 Å². The molecule has 4 nitrogen and oxygen atoms in total. The number of nitrogens with zero attached hydrogens (tertiary/aromatic N) is 2. The van der Waals surface area contributed by atoms with Gasteiger partial charge in [0.2, 0.25) is 0 Å². The molecule has 0 radical (unpaired) electrons. The number of anilines is 1. The van der Waals surface area contributed by atoms with E-state index in [0.29, 0.717) is 5.69 Å². The Bertz CT molecular complexity index is 1050. The number of aryl methyl sites for hydroxylation is 1. The number of para-hydroxylation sites is 1. The summed E-state index contributed by atoms with van der Waals surface area (Å²) < 4.78 is 1.77. The van der Waals surface area contributed by atoms with Crippen LogP contribution in [-0.4, -0.2) is 15.7 Å². The molecule has 0 spiro atoms. The summed E-state index contributed by atoms with van der Waals surface area (Å²) in [7, 11) is 0. The molecule has 3 aromatic carbocycles. The first-order chi connectivity index (χ1) is 13.2. The van der Waals surface area contributed by atoms with Crippen LogP contribution in [0.5, 0.6) is 0 Å². The Morgan fingerprint density at radius 3 is 2.07 bits per heavy atom. The van der Waals surface area contributed by atoms with E-state index in [1.165, 1.54) is 0 Å². The van der Waals surface area contributed by atoms with E-state index in [2.05, 4.69) is 22.5 Å². The highest BCUT2D eigenvalue weighted by Crippen LogP contribution is 2.21. The number of hydrogen-bond acceptors (Lipinski definition) is 2. The molecule has 0 aliphatic carbocycles. The number of amides is 1. The molecule has 0 atom stereocenters. The molecule has 1 aromatic heterocycles. The summed E-state index contributed by atoms with van der Waals surface area (Å²) in [5, 5.41) is 7.36. The van der Waals surface area contributed by atoms with Gasteiger partial charge in [-0.25, -0.2) is 4.68 Å². The Balaban J connectivity index is 1.51. The standard InChI is InChI=1S/C23H19N3O/c1-17-16-22(25-26(17)21-10-6-3-7-11-21)23(27)24-20-14-12-19(13-15-20)18-8-4-2-5-9-18/h2-16H,1H3,(H,24,27). The Morgan fingerprint density at radius 2 is 1.41 bits per heavy atom. The second-order valence-electron chi connectivity index (χ2n) is 6.32. The van der Waals surface area contributed by atoms with Crippen molar-refractivity contribution in [2.24, 2.45) is 0 Å². The fraction of sp³-hybridized carbons (Fsp3) is 0.0435. The van der Waals surface area contributed by atoms with E-state index >= 15 is 0 Å². The molecule has 1 heterocycles. The number of carbonyl (C=O) groups is 1. The van der Waals surface area contributed by atoms with Gasteiger partial charge in [-0.05, 0) is 48.4 Å². The Kier molecular flexibility index (Phi) is 4.54. The molecule has 1 N–H and O–H groups in total. The summed E-state index contributed by atoms with van der Waals surface area (Å²) in [5.74, 6) is -0.222. The highest BCUT2D eigenvalue weighted by molar-refractivity contribution is 6.03. The average molecular weight is 353 g/mol. The van der Waals surface area contributed by atoms with Crippen molar-refractivity contribution in [3.8, 4) is 16.8 Å². The molecule has 1 amide bonds. The van der Waals surface area contributed by atoms with Crippen molar-refractivity contribution in [2.75, 3.05) is 5.32 Å². The summed E-state index contributed by atoms with van der Waals surface area (Å²) in [5.41, 5.74) is 5.23. The molecular formula is C23H19N3O. The van der Waals surface area contributed by atoms with Gasteiger partial charge in [-0.15, -0.1) is 0 Å². The average Bonchev–Trinajstić information content (AvgIpc) is 3.12. The van der Waals surface area contributed by atoms with Crippen LogP contribution in [0.3, 0.4) is 0 Å². The van der Waals surface area contributed by atoms with Gasteiger partial charge in [0.15, 0.2) is 5.69 Å². The summed E-state index contributed by atoms with van der Waals surface area (Å²) >= 11 is 0. The van der Waals surface area contributed by atoms with Gasteiger partial charge in [-0.3, -0.25) is 4.79 Å². The maximum absolute atomic E-state index is 12.6. The third-order valence-corrected chi connectivity index (χ3v) is 4.37.